The summed E-state index contributed by atoms with van der Waals surface area (Å²) in [6, 6.07) is 5.41. The van der Waals surface area contributed by atoms with Crippen LogP contribution in [0.4, 0.5) is 5.69 Å². The SMILES string of the molecule is CC(C)C(=CCCOC(=O)c1ccc([N+](=O)[O-])cc1)C(C)C. The molecule has 0 saturated carbocycles. The van der Waals surface area contributed by atoms with E-state index in [0.29, 0.717) is 30.4 Å². The van der Waals surface area contributed by atoms with E-state index in [-0.39, 0.29) is 5.69 Å². The molecule has 0 fully saturated rings. The van der Waals surface area contributed by atoms with Gasteiger partial charge in [0.05, 0.1) is 17.1 Å². The fraction of sp³-hybridized carbons (Fsp3) is 0.471. The Hall–Kier alpha value is -2.17. The molecule has 0 spiro atoms. The third-order valence-corrected chi connectivity index (χ3v) is 3.38. The number of carbonyl (C=O) groups is 1. The van der Waals surface area contributed by atoms with E-state index < -0.39 is 10.9 Å². The number of hydrogen-bond donors (Lipinski definition) is 0. The first kappa shape index (κ1) is 17.9. The second kappa shape index (κ2) is 8.32. The highest BCUT2D eigenvalue weighted by molar-refractivity contribution is 5.89. The molecule has 0 amide bonds. The van der Waals surface area contributed by atoms with Gasteiger partial charge in [0.2, 0.25) is 0 Å². The number of hydrogen-bond acceptors (Lipinski definition) is 4. The number of nitrogens with zero attached hydrogens (tertiary/aromatic N) is 1. The fourth-order valence-corrected chi connectivity index (χ4v) is 2.32. The molecule has 1 aromatic rings. The average molecular weight is 305 g/mol. The normalized spacial score (nSPS) is 10.6. The van der Waals surface area contributed by atoms with Crippen LogP contribution in [-0.4, -0.2) is 17.5 Å². The first-order valence-corrected chi connectivity index (χ1v) is 7.44. The summed E-state index contributed by atoms with van der Waals surface area (Å²) in [5.41, 5.74) is 1.63. The molecule has 0 bridgehead atoms. The maximum atomic E-state index is 11.8. The lowest BCUT2D eigenvalue weighted by Gasteiger charge is -2.15. The molecule has 0 heterocycles. The number of rotatable bonds is 7. The van der Waals surface area contributed by atoms with Crippen molar-refractivity contribution in [2.45, 2.75) is 34.1 Å². The maximum Gasteiger partial charge on any atom is 0.338 e. The van der Waals surface area contributed by atoms with Gasteiger partial charge in [-0.15, -0.1) is 0 Å². The first-order valence-electron chi connectivity index (χ1n) is 7.44. The highest BCUT2D eigenvalue weighted by atomic mass is 16.6. The van der Waals surface area contributed by atoms with Crippen LogP contribution in [0, 0.1) is 22.0 Å². The average Bonchev–Trinajstić information content (AvgIpc) is 2.46. The van der Waals surface area contributed by atoms with E-state index in [4.69, 9.17) is 4.74 Å². The van der Waals surface area contributed by atoms with Gasteiger partial charge in [-0.3, -0.25) is 10.1 Å². The lowest BCUT2D eigenvalue weighted by molar-refractivity contribution is -0.384. The van der Waals surface area contributed by atoms with E-state index in [1.165, 1.54) is 29.8 Å². The summed E-state index contributed by atoms with van der Waals surface area (Å²) >= 11 is 0. The van der Waals surface area contributed by atoms with Crippen molar-refractivity contribution in [1.82, 2.24) is 0 Å². The number of carbonyl (C=O) groups excluding carboxylic acids is 1. The molecule has 0 atom stereocenters. The summed E-state index contributed by atoms with van der Waals surface area (Å²) < 4.78 is 5.18. The summed E-state index contributed by atoms with van der Waals surface area (Å²) in [5.74, 6) is 0.495. The topological polar surface area (TPSA) is 69.4 Å². The molecule has 22 heavy (non-hydrogen) atoms. The number of allylic oxidation sites excluding steroid dienone is 1. The molecule has 0 radical (unpaired) electrons. The van der Waals surface area contributed by atoms with Crippen molar-refractivity contribution in [2.75, 3.05) is 6.61 Å². The zero-order chi connectivity index (χ0) is 16.7. The van der Waals surface area contributed by atoms with E-state index in [9.17, 15) is 14.9 Å². The summed E-state index contributed by atoms with van der Waals surface area (Å²) in [7, 11) is 0. The lowest BCUT2D eigenvalue weighted by Crippen LogP contribution is -2.07. The van der Waals surface area contributed by atoms with Crippen molar-refractivity contribution >= 4 is 11.7 Å². The highest BCUT2D eigenvalue weighted by Gasteiger charge is 2.11. The van der Waals surface area contributed by atoms with Crippen molar-refractivity contribution < 1.29 is 14.5 Å². The molecule has 0 aliphatic carbocycles. The number of esters is 1. The molecule has 0 aromatic heterocycles. The van der Waals surface area contributed by atoms with Gasteiger partial charge in [0.1, 0.15) is 0 Å². The van der Waals surface area contributed by atoms with Crippen LogP contribution in [0.1, 0.15) is 44.5 Å². The molecule has 1 aromatic carbocycles. The molecule has 0 saturated heterocycles. The van der Waals surface area contributed by atoms with Gasteiger partial charge in [0.15, 0.2) is 0 Å². The zero-order valence-electron chi connectivity index (χ0n) is 13.5. The number of ether oxygens (including phenoxy) is 1. The van der Waals surface area contributed by atoms with Crippen molar-refractivity contribution in [2.24, 2.45) is 11.8 Å². The van der Waals surface area contributed by atoms with Gasteiger partial charge in [-0.1, -0.05) is 39.3 Å². The summed E-state index contributed by atoms with van der Waals surface area (Å²) in [4.78, 5) is 21.9. The largest absolute Gasteiger partial charge is 0.462 e. The van der Waals surface area contributed by atoms with Crippen molar-refractivity contribution in [3.8, 4) is 0 Å². The van der Waals surface area contributed by atoms with Crippen LogP contribution in [0.3, 0.4) is 0 Å². The van der Waals surface area contributed by atoms with E-state index in [2.05, 4.69) is 33.8 Å². The van der Waals surface area contributed by atoms with Gasteiger partial charge < -0.3 is 4.74 Å². The number of benzene rings is 1. The monoisotopic (exact) mass is 305 g/mol. The minimum absolute atomic E-state index is 0.0435. The molecular weight excluding hydrogens is 282 g/mol. The maximum absolute atomic E-state index is 11.8. The van der Waals surface area contributed by atoms with Gasteiger partial charge >= 0.3 is 5.97 Å². The van der Waals surface area contributed by atoms with E-state index in [1.54, 1.807) is 0 Å². The summed E-state index contributed by atoms with van der Waals surface area (Å²) in [6.45, 7) is 8.89. The van der Waals surface area contributed by atoms with Crippen LogP contribution in [0.25, 0.3) is 0 Å². The predicted molar refractivity (Wildman–Crippen MR) is 85.8 cm³/mol. The summed E-state index contributed by atoms with van der Waals surface area (Å²) in [5, 5.41) is 10.5. The van der Waals surface area contributed by atoms with Crippen molar-refractivity contribution in [3.63, 3.8) is 0 Å². The molecule has 1 rings (SSSR count). The fourth-order valence-electron chi connectivity index (χ4n) is 2.32. The summed E-state index contributed by atoms with van der Waals surface area (Å²) in [6.07, 6.45) is 2.79. The van der Waals surface area contributed by atoms with E-state index in [1.807, 2.05) is 0 Å². The molecule has 120 valence electrons. The molecule has 0 aliphatic rings. The van der Waals surface area contributed by atoms with Gasteiger partial charge in [-0.25, -0.2) is 4.79 Å². The van der Waals surface area contributed by atoms with Gasteiger partial charge in [0, 0.05) is 12.1 Å². The zero-order valence-corrected chi connectivity index (χ0v) is 13.5. The second-order valence-corrected chi connectivity index (χ2v) is 5.74. The quantitative estimate of drug-likeness (QED) is 0.246. The third kappa shape index (κ3) is 5.31. The Morgan fingerprint density at radius 3 is 2.18 bits per heavy atom. The van der Waals surface area contributed by atoms with E-state index in [0.717, 1.165) is 0 Å². The number of nitro groups is 1. The van der Waals surface area contributed by atoms with E-state index >= 15 is 0 Å². The van der Waals surface area contributed by atoms with Gasteiger partial charge in [-0.2, -0.15) is 0 Å². The Morgan fingerprint density at radius 2 is 1.73 bits per heavy atom. The van der Waals surface area contributed by atoms with Gasteiger partial charge in [0.25, 0.3) is 5.69 Å². The molecule has 0 unspecified atom stereocenters. The van der Waals surface area contributed by atoms with Crippen LogP contribution >= 0.6 is 0 Å². The Morgan fingerprint density at radius 1 is 1.18 bits per heavy atom. The highest BCUT2D eigenvalue weighted by Crippen LogP contribution is 2.19. The van der Waals surface area contributed by atoms with Crippen LogP contribution < -0.4 is 0 Å². The van der Waals surface area contributed by atoms with Crippen LogP contribution in [0.2, 0.25) is 0 Å². The minimum Gasteiger partial charge on any atom is -0.462 e. The van der Waals surface area contributed by atoms with Crippen molar-refractivity contribution in [3.05, 3.63) is 51.6 Å². The molecule has 5 nitrogen and oxygen atoms in total. The minimum atomic E-state index is -0.501. The Balaban J connectivity index is 2.52. The third-order valence-electron chi connectivity index (χ3n) is 3.38. The first-order chi connectivity index (χ1) is 10.3. The van der Waals surface area contributed by atoms with Crippen molar-refractivity contribution in [1.29, 1.82) is 0 Å². The molecule has 0 N–H and O–H groups in total. The van der Waals surface area contributed by atoms with Crippen LogP contribution in [0.15, 0.2) is 35.9 Å². The Kier molecular flexibility index (Phi) is 6.76. The second-order valence-electron chi connectivity index (χ2n) is 5.74. The number of non-ortho nitro benzene ring substituents is 1. The predicted octanol–water partition coefficient (Wildman–Crippen LogP) is 4.38. The molecule has 0 aliphatic heterocycles. The lowest BCUT2D eigenvalue weighted by atomic mass is 9.92. The van der Waals surface area contributed by atoms with Gasteiger partial charge in [-0.05, 0) is 30.4 Å². The van der Waals surface area contributed by atoms with Crippen LogP contribution in [0.5, 0.6) is 0 Å². The Bertz CT molecular complexity index is 534. The van der Waals surface area contributed by atoms with Crippen LogP contribution in [-0.2, 0) is 4.74 Å². The molecular formula is C17H23NO4. The number of nitro benzene ring substituents is 1. The smallest absolute Gasteiger partial charge is 0.338 e. The molecule has 5 heteroatoms. The Labute approximate surface area is 131 Å². The standard InChI is InChI=1S/C17H23NO4/c1-12(2)16(13(3)4)6-5-11-22-17(19)14-7-9-15(10-8-14)18(20)21/h6-10,12-13H,5,11H2,1-4H3.